The van der Waals surface area contributed by atoms with Gasteiger partial charge in [0.05, 0.1) is 6.07 Å². The second kappa shape index (κ2) is 4.34. The standard InChI is InChI=1S/C7H11N.H3N/c8-6-7-4-2-1-3-5-7;/h7H,1-5H2;1H3. The molecule has 1 aliphatic carbocycles. The second-order valence-corrected chi connectivity index (χ2v) is 2.46. The first kappa shape index (κ1) is 8.45. The highest BCUT2D eigenvalue weighted by atomic mass is 14.3. The first-order chi connectivity index (χ1) is 3.93. The maximum Gasteiger partial charge on any atom is 0.0655 e. The first-order valence-corrected chi connectivity index (χ1v) is 3.33. The third kappa shape index (κ3) is 2.48. The van der Waals surface area contributed by atoms with E-state index in [0.29, 0.717) is 5.92 Å². The predicted octanol–water partition coefficient (Wildman–Crippen LogP) is 2.25. The van der Waals surface area contributed by atoms with Crippen LogP contribution in [-0.2, 0) is 0 Å². The summed E-state index contributed by atoms with van der Waals surface area (Å²) in [5.74, 6) is 0.392. The molecular formula is C7H14N2. The van der Waals surface area contributed by atoms with Gasteiger partial charge in [-0.1, -0.05) is 19.3 Å². The molecule has 0 unspecified atom stereocenters. The Balaban J connectivity index is 0.000000640. The van der Waals surface area contributed by atoms with Crippen molar-refractivity contribution in [2.24, 2.45) is 5.92 Å². The molecule has 3 N–H and O–H groups in total. The van der Waals surface area contributed by atoms with Crippen molar-refractivity contribution in [2.75, 3.05) is 0 Å². The van der Waals surface area contributed by atoms with E-state index < -0.39 is 0 Å². The topological polar surface area (TPSA) is 58.8 Å². The maximum atomic E-state index is 8.44. The molecule has 0 aromatic carbocycles. The van der Waals surface area contributed by atoms with Gasteiger partial charge in [0.2, 0.25) is 0 Å². The van der Waals surface area contributed by atoms with Crippen molar-refractivity contribution < 1.29 is 0 Å². The Hall–Kier alpha value is -0.550. The molecule has 9 heavy (non-hydrogen) atoms. The van der Waals surface area contributed by atoms with Gasteiger partial charge in [-0.15, -0.1) is 0 Å². The quantitative estimate of drug-likeness (QED) is 0.541. The zero-order valence-electron chi connectivity index (χ0n) is 5.77. The molecule has 2 nitrogen and oxygen atoms in total. The molecule has 0 aliphatic heterocycles. The molecule has 0 aromatic heterocycles. The number of nitriles is 1. The fraction of sp³-hybridized carbons (Fsp3) is 0.857. The van der Waals surface area contributed by atoms with Crippen LogP contribution in [0.2, 0.25) is 0 Å². The van der Waals surface area contributed by atoms with Gasteiger partial charge in [-0.2, -0.15) is 5.26 Å². The lowest BCUT2D eigenvalue weighted by atomic mass is 9.91. The maximum absolute atomic E-state index is 8.44. The van der Waals surface area contributed by atoms with Gasteiger partial charge in [-0.05, 0) is 12.8 Å². The highest BCUT2D eigenvalue weighted by Gasteiger charge is 2.10. The molecule has 1 saturated carbocycles. The van der Waals surface area contributed by atoms with Gasteiger partial charge in [0, 0.05) is 5.92 Å². The van der Waals surface area contributed by atoms with Crippen molar-refractivity contribution >= 4 is 0 Å². The van der Waals surface area contributed by atoms with E-state index in [1.807, 2.05) is 0 Å². The lowest BCUT2D eigenvalue weighted by Crippen LogP contribution is -2.02. The third-order valence-electron chi connectivity index (χ3n) is 1.79. The van der Waals surface area contributed by atoms with E-state index in [0.717, 1.165) is 12.8 Å². The van der Waals surface area contributed by atoms with E-state index in [2.05, 4.69) is 6.07 Å². The molecule has 2 heteroatoms. The van der Waals surface area contributed by atoms with Crippen LogP contribution in [0.3, 0.4) is 0 Å². The third-order valence-corrected chi connectivity index (χ3v) is 1.79. The smallest absolute Gasteiger partial charge is 0.0655 e. The van der Waals surface area contributed by atoms with Gasteiger partial charge in [0.15, 0.2) is 0 Å². The van der Waals surface area contributed by atoms with Crippen molar-refractivity contribution in [3.05, 3.63) is 0 Å². The van der Waals surface area contributed by atoms with Crippen LogP contribution in [-0.4, -0.2) is 0 Å². The fourth-order valence-corrected chi connectivity index (χ4v) is 1.23. The monoisotopic (exact) mass is 126 g/mol. The Kier molecular flexibility index (Phi) is 4.08. The Bertz CT molecular complexity index is 98.0. The molecule has 0 saturated heterocycles. The van der Waals surface area contributed by atoms with Gasteiger partial charge in [-0.3, -0.25) is 0 Å². The highest BCUT2D eigenvalue weighted by Crippen LogP contribution is 2.22. The zero-order chi connectivity index (χ0) is 5.82. The van der Waals surface area contributed by atoms with Gasteiger partial charge in [0.25, 0.3) is 0 Å². The molecule has 1 rings (SSSR count). The van der Waals surface area contributed by atoms with Crippen LogP contribution in [0.15, 0.2) is 0 Å². The lowest BCUT2D eigenvalue weighted by Gasteiger charge is -2.13. The number of nitrogens with zero attached hydrogens (tertiary/aromatic N) is 1. The van der Waals surface area contributed by atoms with Crippen LogP contribution in [0.4, 0.5) is 0 Å². The Labute approximate surface area is 56.5 Å². The minimum Gasteiger partial charge on any atom is -0.344 e. The number of hydrogen-bond donors (Lipinski definition) is 1. The summed E-state index contributed by atoms with van der Waals surface area (Å²) in [5.41, 5.74) is 0. The van der Waals surface area contributed by atoms with E-state index >= 15 is 0 Å². The first-order valence-electron chi connectivity index (χ1n) is 3.33. The van der Waals surface area contributed by atoms with E-state index in [4.69, 9.17) is 5.26 Å². The predicted molar refractivity (Wildman–Crippen MR) is 37.2 cm³/mol. The zero-order valence-corrected chi connectivity index (χ0v) is 5.77. The molecule has 1 aliphatic rings. The lowest BCUT2D eigenvalue weighted by molar-refractivity contribution is 0.427. The fourth-order valence-electron chi connectivity index (χ4n) is 1.23. The molecule has 0 aromatic rings. The van der Waals surface area contributed by atoms with Crippen molar-refractivity contribution in [3.8, 4) is 6.07 Å². The summed E-state index contributed by atoms with van der Waals surface area (Å²) in [5, 5.41) is 8.44. The van der Waals surface area contributed by atoms with E-state index in [1.54, 1.807) is 0 Å². The highest BCUT2D eigenvalue weighted by molar-refractivity contribution is 4.84. The molecule has 0 atom stereocenters. The van der Waals surface area contributed by atoms with Gasteiger partial charge < -0.3 is 6.15 Å². The molecule has 0 spiro atoms. The van der Waals surface area contributed by atoms with Gasteiger partial charge in [0.1, 0.15) is 0 Å². The van der Waals surface area contributed by atoms with E-state index in [-0.39, 0.29) is 6.15 Å². The summed E-state index contributed by atoms with van der Waals surface area (Å²) in [7, 11) is 0. The van der Waals surface area contributed by atoms with Crippen LogP contribution in [0.1, 0.15) is 32.1 Å². The summed E-state index contributed by atoms with van der Waals surface area (Å²) >= 11 is 0. The summed E-state index contributed by atoms with van der Waals surface area (Å²) in [6.45, 7) is 0. The second-order valence-electron chi connectivity index (χ2n) is 2.46. The number of rotatable bonds is 0. The summed E-state index contributed by atoms with van der Waals surface area (Å²) in [6, 6.07) is 2.30. The van der Waals surface area contributed by atoms with Crippen LogP contribution in [0.5, 0.6) is 0 Å². The van der Waals surface area contributed by atoms with Crippen molar-refractivity contribution in [3.63, 3.8) is 0 Å². The molecule has 1 fully saturated rings. The summed E-state index contributed by atoms with van der Waals surface area (Å²) in [4.78, 5) is 0. The molecule has 0 bridgehead atoms. The minimum atomic E-state index is 0. The Morgan fingerprint density at radius 1 is 1.11 bits per heavy atom. The van der Waals surface area contributed by atoms with Crippen molar-refractivity contribution in [1.29, 1.82) is 5.26 Å². The molecule has 0 heterocycles. The van der Waals surface area contributed by atoms with Crippen molar-refractivity contribution in [2.45, 2.75) is 32.1 Å². The summed E-state index contributed by atoms with van der Waals surface area (Å²) < 4.78 is 0. The SMILES string of the molecule is N.N#CC1CCCCC1. The van der Waals surface area contributed by atoms with E-state index in [1.165, 1.54) is 19.3 Å². The average molecular weight is 126 g/mol. The van der Waals surface area contributed by atoms with Crippen LogP contribution in [0.25, 0.3) is 0 Å². The minimum absolute atomic E-state index is 0. The summed E-state index contributed by atoms with van der Waals surface area (Å²) in [6.07, 6.45) is 6.20. The van der Waals surface area contributed by atoms with E-state index in [9.17, 15) is 0 Å². The van der Waals surface area contributed by atoms with Crippen LogP contribution < -0.4 is 6.15 Å². The Morgan fingerprint density at radius 3 is 2.00 bits per heavy atom. The van der Waals surface area contributed by atoms with Gasteiger partial charge >= 0.3 is 0 Å². The van der Waals surface area contributed by atoms with Crippen LogP contribution in [0, 0.1) is 17.2 Å². The normalized spacial score (nSPS) is 19.9. The molecule has 0 radical (unpaired) electrons. The molecule has 0 amide bonds. The van der Waals surface area contributed by atoms with Crippen molar-refractivity contribution in [1.82, 2.24) is 6.15 Å². The largest absolute Gasteiger partial charge is 0.344 e. The molecule has 52 valence electrons. The van der Waals surface area contributed by atoms with Crippen LogP contribution >= 0.6 is 0 Å². The average Bonchev–Trinajstić information content (AvgIpc) is 1.90. The molecular weight excluding hydrogens is 112 g/mol. The Morgan fingerprint density at radius 2 is 1.67 bits per heavy atom. The van der Waals surface area contributed by atoms with Gasteiger partial charge in [-0.25, -0.2) is 0 Å². The number of hydrogen-bond acceptors (Lipinski definition) is 2.